The Hall–Kier alpha value is -1.81. The van der Waals surface area contributed by atoms with Gasteiger partial charge in [0.25, 0.3) is 0 Å². The van der Waals surface area contributed by atoms with Crippen LogP contribution < -0.4 is 10.1 Å². The second-order valence-electron chi connectivity index (χ2n) is 5.31. The van der Waals surface area contributed by atoms with Crippen molar-refractivity contribution >= 4 is 0 Å². The van der Waals surface area contributed by atoms with Crippen molar-refractivity contribution in [1.82, 2.24) is 15.1 Å². The zero-order chi connectivity index (χ0) is 15.1. The first-order valence-electron chi connectivity index (χ1n) is 7.58. The molecule has 0 bridgehead atoms. The minimum atomic E-state index is 0.313. The van der Waals surface area contributed by atoms with Gasteiger partial charge >= 0.3 is 0 Å². The van der Waals surface area contributed by atoms with Crippen LogP contribution in [0.5, 0.6) is 5.75 Å². The number of hydrogen-bond donors (Lipinski definition) is 1. The van der Waals surface area contributed by atoms with Gasteiger partial charge in [-0.15, -0.1) is 0 Å². The largest absolute Gasteiger partial charge is 0.497 e. The van der Waals surface area contributed by atoms with Crippen LogP contribution in [0.4, 0.5) is 0 Å². The van der Waals surface area contributed by atoms with Crippen molar-refractivity contribution in [1.29, 1.82) is 0 Å². The molecule has 2 aromatic rings. The Morgan fingerprint density at radius 2 is 2.00 bits per heavy atom. The van der Waals surface area contributed by atoms with Gasteiger partial charge in [0.05, 0.1) is 18.8 Å². The lowest BCUT2D eigenvalue weighted by atomic mass is 10.0. The summed E-state index contributed by atoms with van der Waals surface area (Å²) in [5, 5.41) is 8.13. The van der Waals surface area contributed by atoms with Gasteiger partial charge in [-0.1, -0.05) is 19.1 Å². The number of rotatable bonds is 8. The molecule has 4 nitrogen and oxygen atoms in total. The van der Waals surface area contributed by atoms with Crippen molar-refractivity contribution in [3.63, 3.8) is 0 Å². The second kappa shape index (κ2) is 7.84. The molecule has 1 aromatic carbocycles. The maximum atomic E-state index is 5.19. The minimum absolute atomic E-state index is 0.313. The highest BCUT2D eigenvalue weighted by Crippen LogP contribution is 2.19. The normalized spacial score (nSPS) is 12.3. The summed E-state index contributed by atoms with van der Waals surface area (Å²) in [6, 6.07) is 10.7. The van der Waals surface area contributed by atoms with E-state index in [0.717, 1.165) is 37.3 Å². The Morgan fingerprint density at radius 3 is 2.57 bits per heavy atom. The first-order valence-corrected chi connectivity index (χ1v) is 7.58. The number of hydrogen-bond acceptors (Lipinski definition) is 3. The lowest BCUT2D eigenvalue weighted by Gasteiger charge is -2.16. The van der Waals surface area contributed by atoms with Crippen LogP contribution in [-0.2, 0) is 13.5 Å². The Labute approximate surface area is 127 Å². The Balaban J connectivity index is 1.97. The first kappa shape index (κ1) is 15.6. The summed E-state index contributed by atoms with van der Waals surface area (Å²) in [4.78, 5) is 0. The van der Waals surface area contributed by atoms with Gasteiger partial charge in [0.1, 0.15) is 5.75 Å². The standard InChI is InChI=1S/C17H25N3O/c1-4-12-18-16(17-11-13-20(2)19-17)10-7-14-5-8-15(21-3)9-6-14/h5-6,8-9,11,13,16,18H,4,7,10,12H2,1-3H3. The van der Waals surface area contributed by atoms with Gasteiger partial charge < -0.3 is 10.1 Å². The SMILES string of the molecule is CCCNC(CCc1ccc(OC)cc1)c1ccn(C)n1. The molecule has 0 saturated carbocycles. The molecule has 0 amide bonds. The average molecular weight is 287 g/mol. The molecule has 2 rings (SSSR count). The molecule has 114 valence electrons. The molecule has 0 radical (unpaired) electrons. The van der Waals surface area contributed by atoms with Crippen molar-refractivity contribution < 1.29 is 4.74 Å². The third kappa shape index (κ3) is 4.60. The lowest BCUT2D eigenvalue weighted by Crippen LogP contribution is -2.23. The topological polar surface area (TPSA) is 39.1 Å². The van der Waals surface area contributed by atoms with Crippen LogP contribution in [0.25, 0.3) is 0 Å². The predicted octanol–water partition coefficient (Wildman–Crippen LogP) is 3.10. The van der Waals surface area contributed by atoms with Crippen LogP contribution in [0.1, 0.15) is 37.1 Å². The molecule has 0 aliphatic rings. The van der Waals surface area contributed by atoms with Crippen molar-refractivity contribution in [3.05, 3.63) is 47.8 Å². The van der Waals surface area contributed by atoms with Gasteiger partial charge in [-0.25, -0.2) is 0 Å². The van der Waals surface area contributed by atoms with E-state index < -0.39 is 0 Å². The number of aromatic nitrogens is 2. The fourth-order valence-corrected chi connectivity index (χ4v) is 2.40. The maximum Gasteiger partial charge on any atom is 0.118 e. The second-order valence-corrected chi connectivity index (χ2v) is 5.31. The summed E-state index contributed by atoms with van der Waals surface area (Å²) in [5.74, 6) is 0.907. The summed E-state index contributed by atoms with van der Waals surface area (Å²) < 4.78 is 7.06. The minimum Gasteiger partial charge on any atom is -0.497 e. The molecule has 0 aliphatic carbocycles. The molecule has 1 N–H and O–H groups in total. The number of ether oxygens (including phenoxy) is 1. The molecule has 4 heteroatoms. The fourth-order valence-electron chi connectivity index (χ4n) is 2.40. The van der Waals surface area contributed by atoms with Crippen LogP contribution in [0.3, 0.4) is 0 Å². The van der Waals surface area contributed by atoms with Gasteiger partial charge in [-0.05, 0) is 49.6 Å². The van der Waals surface area contributed by atoms with Crippen molar-refractivity contribution in [3.8, 4) is 5.75 Å². The van der Waals surface area contributed by atoms with E-state index in [9.17, 15) is 0 Å². The third-order valence-corrected chi connectivity index (χ3v) is 3.61. The summed E-state index contributed by atoms with van der Waals surface area (Å²) in [5.41, 5.74) is 2.45. The summed E-state index contributed by atoms with van der Waals surface area (Å²) in [6.07, 6.45) is 5.21. The Kier molecular flexibility index (Phi) is 5.81. The van der Waals surface area contributed by atoms with E-state index in [4.69, 9.17) is 4.74 Å². The van der Waals surface area contributed by atoms with Crippen molar-refractivity contribution in [2.45, 2.75) is 32.2 Å². The van der Waals surface area contributed by atoms with E-state index in [1.807, 2.05) is 30.1 Å². The Bertz CT molecular complexity index is 533. The number of methoxy groups -OCH3 is 1. The molecule has 1 atom stereocenters. The zero-order valence-electron chi connectivity index (χ0n) is 13.2. The van der Waals surface area contributed by atoms with Crippen LogP contribution in [-0.4, -0.2) is 23.4 Å². The molecule has 0 saturated heterocycles. The molecule has 1 aromatic heterocycles. The summed E-state index contributed by atoms with van der Waals surface area (Å²) in [6.45, 7) is 3.20. The van der Waals surface area contributed by atoms with Gasteiger partial charge in [0.2, 0.25) is 0 Å². The molecule has 21 heavy (non-hydrogen) atoms. The van der Waals surface area contributed by atoms with Gasteiger partial charge in [0.15, 0.2) is 0 Å². The fraction of sp³-hybridized carbons (Fsp3) is 0.471. The number of nitrogens with zero attached hydrogens (tertiary/aromatic N) is 2. The van der Waals surface area contributed by atoms with Crippen LogP contribution in [0, 0.1) is 0 Å². The van der Waals surface area contributed by atoms with E-state index >= 15 is 0 Å². The third-order valence-electron chi connectivity index (χ3n) is 3.61. The average Bonchev–Trinajstić information content (AvgIpc) is 2.94. The van der Waals surface area contributed by atoms with Gasteiger partial charge in [-0.3, -0.25) is 4.68 Å². The maximum absolute atomic E-state index is 5.19. The highest BCUT2D eigenvalue weighted by atomic mass is 16.5. The first-order chi connectivity index (χ1) is 10.2. The molecule has 0 fully saturated rings. The smallest absolute Gasteiger partial charge is 0.118 e. The van der Waals surface area contributed by atoms with E-state index in [2.05, 4.69) is 35.5 Å². The van der Waals surface area contributed by atoms with E-state index in [1.54, 1.807) is 7.11 Å². The van der Waals surface area contributed by atoms with Crippen LogP contribution >= 0.6 is 0 Å². The van der Waals surface area contributed by atoms with Crippen molar-refractivity contribution in [2.75, 3.05) is 13.7 Å². The van der Waals surface area contributed by atoms with E-state index in [-0.39, 0.29) is 0 Å². The van der Waals surface area contributed by atoms with Crippen LogP contribution in [0.2, 0.25) is 0 Å². The highest BCUT2D eigenvalue weighted by Gasteiger charge is 2.13. The monoisotopic (exact) mass is 287 g/mol. The molecule has 0 spiro atoms. The number of nitrogens with one attached hydrogen (secondary N) is 1. The number of aryl methyl sites for hydroxylation is 2. The van der Waals surface area contributed by atoms with E-state index in [0.29, 0.717) is 6.04 Å². The van der Waals surface area contributed by atoms with Gasteiger partial charge in [0, 0.05) is 13.2 Å². The molecular weight excluding hydrogens is 262 g/mol. The summed E-state index contributed by atoms with van der Waals surface area (Å²) >= 11 is 0. The molecule has 1 heterocycles. The van der Waals surface area contributed by atoms with Crippen LogP contribution in [0.15, 0.2) is 36.5 Å². The predicted molar refractivity (Wildman–Crippen MR) is 85.6 cm³/mol. The van der Waals surface area contributed by atoms with Gasteiger partial charge in [-0.2, -0.15) is 5.10 Å². The van der Waals surface area contributed by atoms with Crippen molar-refractivity contribution in [2.24, 2.45) is 7.05 Å². The number of benzene rings is 1. The molecular formula is C17H25N3O. The highest BCUT2D eigenvalue weighted by molar-refractivity contribution is 5.27. The zero-order valence-corrected chi connectivity index (χ0v) is 13.2. The quantitative estimate of drug-likeness (QED) is 0.811. The van der Waals surface area contributed by atoms with E-state index in [1.165, 1.54) is 5.56 Å². The molecule has 0 aliphatic heterocycles. The Morgan fingerprint density at radius 1 is 1.24 bits per heavy atom. The molecule has 1 unspecified atom stereocenters. The summed E-state index contributed by atoms with van der Waals surface area (Å²) in [7, 11) is 3.66. The lowest BCUT2D eigenvalue weighted by molar-refractivity contribution is 0.414.